The molecule has 1 amide bonds. The number of hydrogen-bond donors (Lipinski definition) is 2. The Labute approximate surface area is 223 Å². The van der Waals surface area contributed by atoms with Crippen LogP contribution < -0.4 is 5.32 Å². The third-order valence-corrected chi connectivity index (χ3v) is 10.1. The highest BCUT2D eigenvalue weighted by Crippen LogP contribution is 2.68. The molecule has 8 nitrogen and oxygen atoms in total. The lowest BCUT2D eigenvalue weighted by Crippen LogP contribution is -2.62. The molecule has 3 saturated heterocycles. The molecule has 0 aromatic heterocycles. The minimum Gasteiger partial charge on any atom is -0.458 e. The quantitative estimate of drug-likeness (QED) is 0.355. The van der Waals surface area contributed by atoms with Crippen molar-refractivity contribution in [1.29, 1.82) is 0 Å². The number of carbonyl (C=O) groups excluding carboxylic acids is 3. The van der Waals surface area contributed by atoms with Gasteiger partial charge in [0.25, 0.3) is 0 Å². The Morgan fingerprint density at radius 3 is 2.55 bits per heavy atom. The normalized spacial score (nSPS) is 49.8. The fraction of sp³-hybridized carbons (Fsp3) is 0.633. The van der Waals surface area contributed by atoms with Gasteiger partial charge in [0.2, 0.25) is 5.91 Å². The van der Waals surface area contributed by atoms with Crippen molar-refractivity contribution in [2.45, 2.75) is 89.1 Å². The second-order valence-electron chi connectivity index (χ2n) is 12.4. The van der Waals surface area contributed by atoms with Gasteiger partial charge in [-0.1, -0.05) is 56.3 Å². The summed E-state index contributed by atoms with van der Waals surface area (Å²) in [7, 11) is 0. The van der Waals surface area contributed by atoms with Gasteiger partial charge in [0.15, 0.2) is 5.78 Å². The van der Waals surface area contributed by atoms with Crippen molar-refractivity contribution in [1.82, 2.24) is 5.32 Å². The van der Waals surface area contributed by atoms with Gasteiger partial charge in [0.05, 0.1) is 11.7 Å². The minimum absolute atomic E-state index is 0.0359. The van der Waals surface area contributed by atoms with Crippen LogP contribution in [-0.2, 0) is 35.0 Å². The van der Waals surface area contributed by atoms with Crippen molar-refractivity contribution < 1.29 is 33.7 Å². The van der Waals surface area contributed by atoms with Crippen LogP contribution in [0, 0.1) is 29.1 Å². The lowest BCUT2D eigenvalue weighted by Gasteiger charge is -2.49. The van der Waals surface area contributed by atoms with Gasteiger partial charge in [-0.05, 0) is 38.2 Å². The Kier molecular flexibility index (Phi) is 5.73. The molecule has 3 aliphatic heterocycles. The molecule has 204 valence electrons. The molecule has 0 bridgehead atoms. The molecule has 2 aliphatic carbocycles. The number of hydrogen-bond acceptors (Lipinski definition) is 7. The summed E-state index contributed by atoms with van der Waals surface area (Å²) in [6, 6.07) is 9.80. The van der Waals surface area contributed by atoms with E-state index in [0.29, 0.717) is 12.8 Å². The lowest BCUT2D eigenvalue weighted by molar-refractivity contribution is -0.171. The highest BCUT2D eigenvalue weighted by molar-refractivity contribution is 5.91. The van der Waals surface area contributed by atoms with Crippen LogP contribution in [0.1, 0.15) is 46.6 Å². The molecule has 1 saturated carbocycles. The van der Waals surface area contributed by atoms with Gasteiger partial charge in [0.1, 0.15) is 29.3 Å². The van der Waals surface area contributed by atoms with E-state index >= 15 is 0 Å². The van der Waals surface area contributed by atoms with Gasteiger partial charge in [0, 0.05) is 30.7 Å². The molecule has 6 rings (SSSR count). The van der Waals surface area contributed by atoms with Gasteiger partial charge in [-0.2, -0.15) is 0 Å². The number of epoxide rings is 2. The predicted molar refractivity (Wildman–Crippen MR) is 137 cm³/mol. The van der Waals surface area contributed by atoms with E-state index in [0.717, 1.165) is 5.56 Å². The number of Topliss-reactive ketones (excluding diaryl/α,β-unsaturated/α-hetero) is 1. The Morgan fingerprint density at radius 2 is 1.87 bits per heavy atom. The largest absolute Gasteiger partial charge is 0.458 e. The SMILES string of the molecule is CC(=O)O[C@@H]1[C@@H]2O[C@@H]2[C@@](C)(O)C(=O)[C@@H](C)C/C=C\[C@@H]2[C@H]3O[C@@]3(C)[C@@H](C)[C@H]3[C@H](Cc4ccccc4)NC(=O)[C@@]321. The van der Waals surface area contributed by atoms with E-state index in [1.807, 2.05) is 42.5 Å². The average molecular weight is 524 g/mol. The smallest absolute Gasteiger partial charge is 0.303 e. The molecule has 1 spiro atoms. The van der Waals surface area contributed by atoms with Crippen molar-refractivity contribution in [3.63, 3.8) is 0 Å². The van der Waals surface area contributed by atoms with Crippen molar-refractivity contribution >= 4 is 17.7 Å². The van der Waals surface area contributed by atoms with Crippen molar-refractivity contribution in [3.8, 4) is 0 Å². The Bertz CT molecular complexity index is 1200. The van der Waals surface area contributed by atoms with E-state index in [2.05, 4.69) is 19.2 Å². The highest BCUT2D eigenvalue weighted by Gasteiger charge is 2.81. The Balaban J connectivity index is 1.52. The number of aliphatic hydroxyl groups is 1. The topological polar surface area (TPSA) is 118 Å². The van der Waals surface area contributed by atoms with Crippen molar-refractivity contribution in [2.24, 2.45) is 29.1 Å². The third-order valence-electron chi connectivity index (χ3n) is 10.1. The molecular weight excluding hydrogens is 486 g/mol. The maximum atomic E-state index is 14.4. The standard InChI is InChI=1S/C30H37NO7/c1-15-10-9-13-19-24-29(5,38-24)16(2)21-20(14-18-11-7-6-8-12-18)31-27(34)30(19,21)26(36-17(3)32)22-25(37-22)28(4,35)23(15)33/h6-9,11-13,15-16,19-22,24-26,35H,10,14H2,1-5H3,(H,31,34)/b13-9-/t15-,16-,19+,20-,21-,22+,24+,25-,26+,28-,29-,30+/m0/s1. The van der Waals surface area contributed by atoms with E-state index in [1.165, 1.54) is 13.8 Å². The number of rotatable bonds is 3. The van der Waals surface area contributed by atoms with Crippen LogP contribution in [0.4, 0.5) is 0 Å². The first-order valence-electron chi connectivity index (χ1n) is 13.7. The molecule has 3 heterocycles. The fourth-order valence-corrected chi connectivity index (χ4v) is 8.06. The maximum absolute atomic E-state index is 14.4. The zero-order valence-corrected chi connectivity index (χ0v) is 22.5. The van der Waals surface area contributed by atoms with E-state index in [4.69, 9.17) is 14.2 Å². The molecule has 4 fully saturated rings. The van der Waals surface area contributed by atoms with Crippen LogP contribution in [0.5, 0.6) is 0 Å². The number of carbonyl (C=O) groups is 3. The predicted octanol–water partition coefficient (Wildman–Crippen LogP) is 2.37. The monoisotopic (exact) mass is 523 g/mol. The molecule has 0 radical (unpaired) electrons. The summed E-state index contributed by atoms with van der Waals surface area (Å²) in [5, 5.41) is 14.6. The zero-order valence-electron chi connectivity index (χ0n) is 22.5. The molecule has 1 aromatic rings. The number of ether oxygens (including phenoxy) is 3. The second-order valence-corrected chi connectivity index (χ2v) is 12.4. The molecule has 0 unspecified atom stereocenters. The number of amides is 1. The van der Waals surface area contributed by atoms with Gasteiger partial charge in [-0.15, -0.1) is 0 Å². The highest BCUT2D eigenvalue weighted by atomic mass is 16.6. The van der Waals surface area contributed by atoms with Crippen LogP contribution in [0.2, 0.25) is 0 Å². The lowest BCUT2D eigenvalue weighted by atomic mass is 9.50. The van der Waals surface area contributed by atoms with Crippen LogP contribution in [0.25, 0.3) is 0 Å². The first-order valence-corrected chi connectivity index (χ1v) is 13.7. The van der Waals surface area contributed by atoms with E-state index in [9.17, 15) is 19.5 Å². The first kappa shape index (κ1) is 25.7. The number of benzene rings is 1. The zero-order chi connectivity index (χ0) is 27.2. The van der Waals surface area contributed by atoms with Crippen molar-refractivity contribution in [2.75, 3.05) is 0 Å². The van der Waals surface area contributed by atoms with E-state index < -0.39 is 52.7 Å². The number of fused-ring (bicyclic) bond motifs is 3. The molecule has 5 aliphatic rings. The van der Waals surface area contributed by atoms with Gasteiger partial charge in [-0.25, -0.2) is 0 Å². The molecular formula is C30H37NO7. The molecule has 38 heavy (non-hydrogen) atoms. The average Bonchev–Trinajstić information content (AvgIpc) is 3.77. The number of esters is 1. The van der Waals surface area contributed by atoms with Gasteiger partial charge >= 0.3 is 5.97 Å². The molecule has 2 N–H and O–H groups in total. The van der Waals surface area contributed by atoms with Crippen molar-refractivity contribution in [3.05, 3.63) is 48.0 Å². The summed E-state index contributed by atoms with van der Waals surface area (Å²) < 4.78 is 18.4. The van der Waals surface area contributed by atoms with Gasteiger partial charge in [-0.3, -0.25) is 14.4 Å². The fourth-order valence-electron chi connectivity index (χ4n) is 8.06. The first-order chi connectivity index (χ1) is 17.9. The molecule has 1 aromatic carbocycles. The molecule has 12 atom stereocenters. The van der Waals surface area contributed by atoms with Crippen LogP contribution in [0.3, 0.4) is 0 Å². The number of ketones is 1. The summed E-state index contributed by atoms with van der Waals surface area (Å²) >= 11 is 0. The number of allylic oxidation sites excluding steroid dienone is 1. The summed E-state index contributed by atoms with van der Waals surface area (Å²) in [6.07, 6.45) is 2.06. The summed E-state index contributed by atoms with van der Waals surface area (Å²) in [5.41, 5.74) is -2.29. The second kappa shape index (κ2) is 8.47. The maximum Gasteiger partial charge on any atom is 0.303 e. The summed E-state index contributed by atoms with van der Waals surface area (Å²) in [4.78, 5) is 40.2. The van der Waals surface area contributed by atoms with E-state index in [1.54, 1.807) is 6.92 Å². The third kappa shape index (κ3) is 3.49. The minimum atomic E-state index is -1.77. The van der Waals surface area contributed by atoms with Crippen LogP contribution >= 0.6 is 0 Å². The van der Waals surface area contributed by atoms with Crippen LogP contribution in [-0.4, -0.2) is 64.4 Å². The van der Waals surface area contributed by atoms with Gasteiger partial charge < -0.3 is 24.6 Å². The summed E-state index contributed by atoms with van der Waals surface area (Å²) in [5.74, 6) is -2.18. The number of nitrogens with one attached hydrogen (secondary N) is 1. The Morgan fingerprint density at radius 1 is 1.16 bits per heavy atom. The molecule has 8 heteroatoms. The van der Waals surface area contributed by atoms with E-state index in [-0.39, 0.29) is 35.7 Å². The summed E-state index contributed by atoms with van der Waals surface area (Å²) in [6.45, 7) is 8.79. The Hall–Kier alpha value is -2.55. The van der Waals surface area contributed by atoms with Crippen LogP contribution in [0.15, 0.2) is 42.5 Å².